The Kier molecular flexibility index (Phi) is 5.33. The number of halogens is 3. The van der Waals surface area contributed by atoms with E-state index in [0.29, 0.717) is 15.7 Å². The van der Waals surface area contributed by atoms with E-state index in [4.69, 9.17) is 23.2 Å². The van der Waals surface area contributed by atoms with Gasteiger partial charge in [0.25, 0.3) is 11.7 Å². The van der Waals surface area contributed by atoms with Crippen LogP contribution >= 0.6 is 23.2 Å². The lowest BCUT2D eigenvalue weighted by Gasteiger charge is -2.25. The van der Waals surface area contributed by atoms with Crippen molar-refractivity contribution in [3.63, 3.8) is 0 Å². The maximum atomic E-state index is 14.8. The molecule has 1 N–H and O–H groups in total. The Hall–Kier alpha value is -3.15. The van der Waals surface area contributed by atoms with E-state index in [1.54, 1.807) is 48.5 Å². The average Bonchev–Trinajstić information content (AvgIpc) is 2.99. The van der Waals surface area contributed by atoms with E-state index in [-0.39, 0.29) is 16.7 Å². The lowest BCUT2D eigenvalue weighted by atomic mass is 9.94. The van der Waals surface area contributed by atoms with Crippen LogP contribution in [0.25, 0.3) is 5.76 Å². The Bertz CT molecular complexity index is 1190. The van der Waals surface area contributed by atoms with E-state index in [0.717, 1.165) is 4.90 Å². The molecule has 1 saturated heterocycles. The van der Waals surface area contributed by atoms with Gasteiger partial charge in [0.05, 0.1) is 11.6 Å². The SMILES string of the molecule is O=C1C(=O)N(c2ccc(Cl)cc2)C(c2ccccc2F)/C1=C(/O)c1cccc(Cl)c1. The van der Waals surface area contributed by atoms with Crippen LogP contribution < -0.4 is 4.90 Å². The molecule has 0 radical (unpaired) electrons. The third-order valence-corrected chi connectivity index (χ3v) is 5.33. The van der Waals surface area contributed by atoms with Crippen molar-refractivity contribution >= 4 is 46.3 Å². The highest BCUT2D eigenvalue weighted by Crippen LogP contribution is 2.43. The molecule has 3 aromatic carbocycles. The van der Waals surface area contributed by atoms with Crippen molar-refractivity contribution in [1.82, 2.24) is 0 Å². The number of benzene rings is 3. The smallest absolute Gasteiger partial charge is 0.300 e. The van der Waals surface area contributed by atoms with Gasteiger partial charge in [-0.25, -0.2) is 4.39 Å². The molecule has 7 heteroatoms. The highest BCUT2D eigenvalue weighted by atomic mass is 35.5. The van der Waals surface area contributed by atoms with Gasteiger partial charge in [0, 0.05) is 26.9 Å². The zero-order valence-corrected chi connectivity index (χ0v) is 16.9. The summed E-state index contributed by atoms with van der Waals surface area (Å²) in [5.41, 5.74) is 0.454. The zero-order chi connectivity index (χ0) is 21.4. The van der Waals surface area contributed by atoms with Crippen molar-refractivity contribution in [2.45, 2.75) is 6.04 Å². The number of rotatable bonds is 3. The summed E-state index contributed by atoms with van der Waals surface area (Å²) in [6.07, 6.45) is 0. The minimum atomic E-state index is -1.16. The van der Waals surface area contributed by atoms with E-state index in [9.17, 15) is 19.1 Å². The second-order valence-corrected chi connectivity index (χ2v) is 7.55. The van der Waals surface area contributed by atoms with Crippen molar-refractivity contribution in [2.75, 3.05) is 4.90 Å². The third-order valence-electron chi connectivity index (χ3n) is 4.85. The predicted octanol–water partition coefficient (Wildman–Crippen LogP) is 5.76. The number of amides is 1. The molecule has 1 amide bonds. The van der Waals surface area contributed by atoms with Crippen LogP contribution in [0, 0.1) is 5.82 Å². The molecule has 4 rings (SSSR count). The summed E-state index contributed by atoms with van der Waals surface area (Å²) in [4.78, 5) is 27.1. The molecule has 4 nitrogen and oxygen atoms in total. The molecular weight excluding hydrogens is 428 g/mol. The number of aliphatic hydroxyl groups excluding tert-OH is 1. The molecule has 1 aliphatic rings. The lowest BCUT2D eigenvalue weighted by Crippen LogP contribution is -2.29. The monoisotopic (exact) mass is 441 g/mol. The Morgan fingerprint density at radius 2 is 1.60 bits per heavy atom. The highest BCUT2D eigenvalue weighted by molar-refractivity contribution is 6.51. The molecule has 1 fully saturated rings. The second-order valence-electron chi connectivity index (χ2n) is 6.68. The second kappa shape index (κ2) is 7.94. The first-order valence-corrected chi connectivity index (χ1v) is 9.71. The lowest BCUT2D eigenvalue weighted by molar-refractivity contribution is -0.132. The van der Waals surface area contributed by atoms with Crippen molar-refractivity contribution in [1.29, 1.82) is 0 Å². The standard InChI is InChI=1S/C23H14Cl2FNO3/c24-14-8-10-16(11-9-14)27-20(17-6-1-2-7-18(17)26)19(22(29)23(27)30)21(28)13-4-3-5-15(25)12-13/h1-12,20,28H/b21-19-. The minimum absolute atomic E-state index is 0.0789. The largest absolute Gasteiger partial charge is 0.507 e. The molecular formula is C23H14Cl2FNO3. The van der Waals surface area contributed by atoms with Gasteiger partial charge in [0.15, 0.2) is 0 Å². The van der Waals surface area contributed by atoms with Crippen molar-refractivity contribution in [3.05, 3.63) is 105 Å². The molecule has 30 heavy (non-hydrogen) atoms. The van der Waals surface area contributed by atoms with Crippen molar-refractivity contribution in [3.8, 4) is 0 Å². The number of Topliss-reactive ketones (excluding diaryl/α,β-unsaturated/α-hetero) is 1. The summed E-state index contributed by atoms with van der Waals surface area (Å²) in [7, 11) is 0. The maximum Gasteiger partial charge on any atom is 0.300 e. The molecule has 1 aliphatic heterocycles. The third kappa shape index (κ3) is 3.47. The fourth-order valence-corrected chi connectivity index (χ4v) is 3.80. The van der Waals surface area contributed by atoms with Crippen molar-refractivity contribution in [2.24, 2.45) is 0 Å². The van der Waals surface area contributed by atoms with Crippen LogP contribution in [0.2, 0.25) is 10.0 Å². The quantitative estimate of drug-likeness (QED) is 0.319. The van der Waals surface area contributed by atoms with Crippen LogP contribution in [-0.2, 0) is 9.59 Å². The number of ketones is 1. The molecule has 1 unspecified atom stereocenters. The predicted molar refractivity (Wildman–Crippen MR) is 114 cm³/mol. The van der Waals surface area contributed by atoms with E-state index >= 15 is 0 Å². The summed E-state index contributed by atoms with van der Waals surface area (Å²) in [6, 6.07) is 17.1. The molecule has 150 valence electrons. The molecule has 1 atom stereocenters. The number of hydrogen-bond donors (Lipinski definition) is 1. The fraction of sp³-hybridized carbons (Fsp3) is 0.0435. The summed E-state index contributed by atoms with van der Waals surface area (Å²) in [5.74, 6) is -2.84. The first kappa shape index (κ1) is 20.1. The Balaban J connectivity index is 1.98. The first-order chi connectivity index (χ1) is 14.4. The number of aliphatic hydroxyl groups is 1. The van der Waals surface area contributed by atoms with Gasteiger partial charge >= 0.3 is 0 Å². The van der Waals surface area contributed by atoms with Gasteiger partial charge in [0.2, 0.25) is 0 Å². The first-order valence-electron chi connectivity index (χ1n) is 8.95. The summed E-state index contributed by atoms with van der Waals surface area (Å²) < 4.78 is 14.8. The van der Waals surface area contributed by atoms with Crippen LogP contribution in [0.5, 0.6) is 0 Å². The van der Waals surface area contributed by atoms with Gasteiger partial charge in [-0.1, -0.05) is 53.5 Å². The fourth-order valence-electron chi connectivity index (χ4n) is 3.48. The zero-order valence-electron chi connectivity index (χ0n) is 15.4. The van der Waals surface area contributed by atoms with E-state index in [1.807, 2.05) is 0 Å². The number of hydrogen-bond acceptors (Lipinski definition) is 3. The van der Waals surface area contributed by atoms with E-state index < -0.39 is 29.3 Å². The van der Waals surface area contributed by atoms with Crippen molar-refractivity contribution < 1.29 is 19.1 Å². The van der Waals surface area contributed by atoms with Crippen LogP contribution in [-0.4, -0.2) is 16.8 Å². The molecule has 1 heterocycles. The molecule has 0 aromatic heterocycles. The van der Waals surface area contributed by atoms with Crippen LogP contribution in [0.4, 0.5) is 10.1 Å². The van der Waals surface area contributed by atoms with Gasteiger partial charge in [-0.2, -0.15) is 0 Å². The molecule has 0 spiro atoms. The maximum absolute atomic E-state index is 14.8. The van der Waals surface area contributed by atoms with Gasteiger partial charge < -0.3 is 5.11 Å². The summed E-state index contributed by atoms with van der Waals surface area (Å²) in [5, 5.41) is 11.7. The minimum Gasteiger partial charge on any atom is -0.507 e. The van der Waals surface area contributed by atoms with E-state index in [2.05, 4.69) is 0 Å². The number of carbonyl (C=O) groups is 2. The van der Waals surface area contributed by atoms with E-state index in [1.165, 1.54) is 24.3 Å². The van der Waals surface area contributed by atoms with Gasteiger partial charge in [-0.3, -0.25) is 14.5 Å². The summed E-state index contributed by atoms with van der Waals surface area (Å²) >= 11 is 12.0. The van der Waals surface area contributed by atoms with Gasteiger partial charge in [-0.05, 0) is 42.5 Å². The Morgan fingerprint density at radius 3 is 2.27 bits per heavy atom. The number of carbonyl (C=O) groups excluding carboxylic acids is 2. The van der Waals surface area contributed by atoms with Crippen LogP contribution in [0.1, 0.15) is 17.2 Å². The van der Waals surface area contributed by atoms with Gasteiger partial charge in [-0.15, -0.1) is 0 Å². The average molecular weight is 442 g/mol. The van der Waals surface area contributed by atoms with Crippen LogP contribution in [0.15, 0.2) is 78.4 Å². The topological polar surface area (TPSA) is 57.6 Å². The number of anilines is 1. The molecule has 0 bridgehead atoms. The Labute approximate surface area is 181 Å². The van der Waals surface area contributed by atoms with Gasteiger partial charge in [0.1, 0.15) is 11.6 Å². The molecule has 3 aromatic rings. The summed E-state index contributed by atoms with van der Waals surface area (Å²) in [6.45, 7) is 0. The number of nitrogens with zero attached hydrogens (tertiary/aromatic N) is 1. The highest BCUT2D eigenvalue weighted by Gasteiger charge is 2.47. The molecule has 0 saturated carbocycles. The molecule has 0 aliphatic carbocycles. The Morgan fingerprint density at radius 1 is 0.900 bits per heavy atom. The van der Waals surface area contributed by atoms with Crippen LogP contribution in [0.3, 0.4) is 0 Å². The normalized spacial score (nSPS) is 18.1.